The van der Waals surface area contributed by atoms with Crippen molar-refractivity contribution in [3.63, 3.8) is 0 Å². The normalized spacial score (nSPS) is 27.7. The lowest BCUT2D eigenvalue weighted by atomic mass is 9.89. The van der Waals surface area contributed by atoms with Crippen LogP contribution in [-0.4, -0.2) is 36.4 Å². The molecule has 1 rings (SSSR count). The summed E-state index contributed by atoms with van der Waals surface area (Å²) in [6, 6.07) is 0. The molecule has 1 N–H and O–H groups in total. The molecule has 5 nitrogen and oxygen atoms in total. The summed E-state index contributed by atoms with van der Waals surface area (Å²) in [6.45, 7) is 0. The first-order chi connectivity index (χ1) is 8.60. The van der Waals surface area contributed by atoms with Gasteiger partial charge in [0.05, 0.1) is 13.2 Å². The molecule has 0 aliphatic heterocycles. The maximum absolute atomic E-state index is 11.7. The molecular formula is C13H18O5. The van der Waals surface area contributed by atoms with Crippen LogP contribution < -0.4 is 0 Å². The van der Waals surface area contributed by atoms with Crippen LogP contribution in [0.15, 0.2) is 12.2 Å². The number of Topliss-reactive ketones (excluding diaryl/α,β-unsaturated/α-hetero) is 1. The Morgan fingerprint density at radius 3 is 2.89 bits per heavy atom. The summed E-state index contributed by atoms with van der Waals surface area (Å²) >= 11 is 0. The minimum Gasteiger partial charge on any atom is -0.469 e. The average molecular weight is 254 g/mol. The van der Waals surface area contributed by atoms with Crippen LogP contribution in [0.1, 0.15) is 25.7 Å². The lowest BCUT2D eigenvalue weighted by molar-refractivity contribution is -0.141. The summed E-state index contributed by atoms with van der Waals surface area (Å²) in [5.74, 6) is -0.935. The van der Waals surface area contributed by atoms with Gasteiger partial charge in [-0.1, -0.05) is 6.08 Å². The number of rotatable bonds is 6. The van der Waals surface area contributed by atoms with Crippen LogP contribution in [0, 0.1) is 11.8 Å². The molecule has 0 amide bonds. The minimum absolute atomic E-state index is 0.00656. The largest absolute Gasteiger partial charge is 0.469 e. The number of allylic oxidation sites excluding steroid dienone is 1. The zero-order valence-electron chi connectivity index (χ0n) is 10.4. The summed E-state index contributed by atoms with van der Waals surface area (Å²) in [5.41, 5.74) is 0. The highest BCUT2D eigenvalue weighted by Crippen LogP contribution is 2.33. The molecule has 0 bridgehead atoms. The Morgan fingerprint density at radius 1 is 1.56 bits per heavy atom. The second-order valence-corrected chi connectivity index (χ2v) is 4.41. The number of carbonyl (C=O) groups excluding carboxylic acids is 3. The molecule has 3 unspecified atom stereocenters. The molecule has 100 valence electrons. The molecule has 1 saturated carbocycles. The second-order valence-electron chi connectivity index (χ2n) is 4.41. The SMILES string of the molecule is COC(=O)CCCC1C(=O)CC(O)C1/C=C/C=O. The minimum atomic E-state index is -0.725. The van der Waals surface area contributed by atoms with Gasteiger partial charge in [0.1, 0.15) is 12.1 Å². The summed E-state index contributed by atoms with van der Waals surface area (Å²) in [4.78, 5) is 33.0. The highest BCUT2D eigenvalue weighted by molar-refractivity contribution is 5.85. The average Bonchev–Trinajstić information content (AvgIpc) is 2.61. The van der Waals surface area contributed by atoms with Gasteiger partial charge in [0.25, 0.3) is 0 Å². The molecule has 0 aromatic carbocycles. The molecule has 0 saturated heterocycles. The van der Waals surface area contributed by atoms with Crippen molar-refractivity contribution in [3.8, 4) is 0 Å². The van der Waals surface area contributed by atoms with Crippen LogP contribution in [0.25, 0.3) is 0 Å². The first-order valence-corrected chi connectivity index (χ1v) is 5.99. The Morgan fingerprint density at radius 2 is 2.28 bits per heavy atom. The molecule has 1 fully saturated rings. The quantitative estimate of drug-likeness (QED) is 0.427. The van der Waals surface area contributed by atoms with E-state index < -0.39 is 6.10 Å². The third kappa shape index (κ3) is 3.77. The number of hydrogen-bond donors (Lipinski definition) is 1. The first-order valence-electron chi connectivity index (χ1n) is 5.99. The van der Waals surface area contributed by atoms with Crippen LogP contribution in [0.5, 0.6) is 0 Å². The monoisotopic (exact) mass is 254 g/mol. The van der Waals surface area contributed by atoms with Crippen LogP contribution in [0.3, 0.4) is 0 Å². The van der Waals surface area contributed by atoms with E-state index >= 15 is 0 Å². The van der Waals surface area contributed by atoms with E-state index in [1.807, 2.05) is 0 Å². The van der Waals surface area contributed by atoms with Crippen LogP contribution in [0.4, 0.5) is 0 Å². The lowest BCUT2D eigenvalue weighted by Gasteiger charge is -2.16. The van der Waals surface area contributed by atoms with Gasteiger partial charge in [-0.2, -0.15) is 0 Å². The zero-order valence-corrected chi connectivity index (χ0v) is 10.4. The van der Waals surface area contributed by atoms with Gasteiger partial charge in [-0.15, -0.1) is 0 Å². The third-order valence-electron chi connectivity index (χ3n) is 3.27. The zero-order chi connectivity index (χ0) is 13.5. The smallest absolute Gasteiger partial charge is 0.305 e. The van der Waals surface area contributed by atoms with Crippen molar-refractivity contribution in [1.29, 1.82) is 0 Å². The van der Waals surface area contributed by atoms with Gasteiger partial charge >= 0.3 is 5.97 Å². The molecule has 18 heavy (non-hydrogen) atoms. The van der Waals surface area contributed by atoms with Crippen molar-refractivity contribution >= 4 is 18.0 Å². The van der Waals surface area contributed by atoms with E-state index in [4.69, 9.17) is 0 Å². The number of methoxy groups -OCH3 is 1. The van der Waals surface area contributed by atoms with Crippen molar-refractivity contribution in [3.05, 3.63) is 12.2 Å². The highest BCUT2D eigenvalue weighted by atomic mass is 16.5. The van der Waals surface area contributed by atoms with Crippen LogP contribution in [-0.2, 0) is 19.1 Å². The number of ether oxygens (including phenoxy) is 1. The van der Waals surface area contributed by atoms with Crippen molar-refractivity contribution in [1.82, 2.24) is 0 Å². The Bertz CT molecular complexity index is 347. The van der Waals surface area contributed by atoms with E-state index in [0.29, 0.717) is 19.1 Å². The van der Waals surface area contributed by atoms with Gasteiger partial charge in [-0.3, -0.25) is 14.4 Å². The van der Waals surface area contributed by atoms with Gasteiger partial charge in [-0.05, 0) is 18.9 Å². The number of esters is 1. The number of aldehydes is 1. The highest BCUT2D eigenvalue weighted by Gasteiger charge is 2.39. The van der Waals surface area contributed by atoms with Gasteiger partial charge in [-0.25, -0.2) is 0 Å². The number of aliphatic hydroxyl groups is 1. The molecule has 0 heterocycles. The van der Waals surface area contributed by atoms with E-state index in [2.05, 4.69) is 4.74 Å². The number of hydrogen-bond acceptors (Lipinski definition) is 5. The Labute approximate surface area is 106 Å². The molecule has 0 aromatic heterocycles. The fraction of sp³-hybridized carbons (Fsp3) is 0.615. The van der Waals surface area contributed by atoms with Gasteiger partial charge in [0.15, 0.2) is 0 Å². The second kappa shape index (κ2) is 7.06. The summed E-state index contributed by atoms with van der Waals surface area (Å²) in [7, 11) is 1.32. The van der Waals surface area contributed by atoms with E-state index in [1.54, 1.807) is 6.08 Å². The Balaban J connectivity index is 2.54. The standard InChI is InChI=1S/C13H18O5/c1-18-13(17)6-2-4-9-10(5-3-7-14)12(16)8-11(9)15/h3,5,7,9-10,12,16H,2,4,6,8H2,1H3/b5-3+. The van der Waals surface area contributed by atoms with Crippen molar-refractivity contribution < 1.29 is 24.2 Å². The van der Waals surface area contributed by atoms with Crippen LogP contribution in [0.2, 0.25) is 0 Å². The van der Waals surface area contributed by atoms with Gasteiger partial charge in [0.2, 0.25) is 0 Å². The van der Waals surface area contributed by atoms with Crippen LogP contribution >= 0.6 is 0 Å². The number of carbonyl (C=O) groups is 3. The van der Waals surface area contributed by atoms with E-state index in [9.17, 15) is 19.5 Å². The summed E-state index contributed by atoms with van der Waals surface area (Å²) < 4.78 is 4.52. The van der Waals surface area contributed by atoms with Crippen molar-refractivity contribution in [2.45, 2.75) is 31.8 Å². The van der Waals surface area contributed by atoms with Gasteiger partial charge in [0, 0.05) is 24.7 Å². The molecule has 1 aliphatic rings. The molecule has 0 aromatic rings. The van der Waals surface area contributed by atoms with E-state index in [-0.39, 0.29) is 36.4 Å². The van der Waals surface area contributed by atoms with Crippen molar-refractivity contribution in [2.75, 3.05) is 7.11 Å². The van der Waals surface area contributed by atoms with E-state index in [1.165, 1.54) is 13.2 Å². The molecular weight excluding hydrogens is 236 g/mol. The van der Waals surface area contributed by atoms with Crippen molar-refractivity contribution in [2.24, 2.45) is 11.8 Å². The molecule has 5 heteroatoms. The maximum atomic E-state index is 11.7. The van der Waals surface area contributed by atoms with Gasteiger partial charge < -0.3 is 9.84 Å². The summed E-state index contributed by atoms with van der Waals surface area (Å²) in [5, 5.41) is 9.73. The topological polar surface area (TPSA) is 80.7 Å². The molecule has 3 atom stereocenters. The predicted octanol–water partition coefficient (Wildman–Crippen LogP) is 0.651. The predicted molar refractivity (Wildman–Crippen MR) is 63.7 cm³/mol. The first kappa shape index (κ1) is 14.6. The molecule has 0 spiro atoms. The Hall–Kier alpha value is -1.49. The number of aliphatic hydroxyl groups excluding tert-OH is 1. The van der Waals surface area contributed by atoms with E-state index in [0.717, 1.165) is 0 Å². The number of ketones is 1. The Kier molecular flexibility index (Phi) is 5.71. The molecule has 0 radical (unpaired) electrons. The third-order valence-corrected chi connectivity index (χ3v) is 3.27. The molecule has 1 aliphatic carbocycles. The fourth-order valence-corrected chi connectivity index (χ4v) is 2.33. The lowest BCUT2D eigenvalue weighted by Crippen LogP contribution is -2.19. The maximum Gasteiger partial charge on any atom is 0.305 e. The summed E-state index contributed by atoms with van der Waals surface area (Å²) in [6.07, 6.45) is 4.24. The fourth-order valence-electron chi connectivity index (χ4n) is 2.33.